The van der Waals surface area contributed by atoms with E-state index in [0.717, 1.165) is 0 Å². The summed E-state index contributed by atoms with van der Waals surface area (Å²) in [5.74, 6) is 0. The fourth-order valence-electron chi connectivity index (χ4n) is 3.12. The maximum absolute atomic E-state index is 2.41. The lowest BCUT2D eigenvalue weighted by Crippen LogP contribution is -2.25. The molecule has 1 heterocycles. The average Bonchev–Trinajstić information content (AvgIpc) is 2.77. The number of unbranched alkanes of at least 4 members (excludes halogenated alkanes) is 5. The van der Waals surface area contributed by atoms with Gasteiger partial charge in [-0.15, -0.1) is 0 Å². The molecule has 0 N–H and O–H groups in total. The van der Waals surface area contributed by atoms with Crippen LogP contribution in [0.4, 0.5) is 0 Å². The average molecular weight is 246 g/mol. The highest BCUT2D eigenvalue weighted by Gasteiger charge is 2.22. The van der Waals surface area contributed by atoms with E-state index in [1.165, 1.54) is 51.0 Å². The third-order valence-corrected chi connectivity index (χ3v) is 7.70. The Morgan fingerprint density at radius 2 is 1.76 bits per heavy atom. The Bertz CT molecular complexity index is 332. The molecule has 0 nitrogen and oxygen atoms in total. The molecule has 17 heavy (non-hydrogen) atoms. The van der Waals surface area contributed by atoms with Crippen LogP contribution in [0.2, 0.25) is 12.1 Å². The molecule has 0 unspecified atom stereocenters. The van der Waals surface area contributed by atoms with Crippen LogP contribution >= 0.6 is 0 Å². The number of aryl methyl sites for hydroxylation is 1. The fraction of sp³-hybridized carbons (Fsp3) is 0.625. The van der Waals surface area contributed by atoms with Crippen molar-refractivity contribution < 1.29 is 0 Å². The van der Waals surface area contributed by atoms with Crippen LogP contribution in [-0.4, -0.2) is 8.80 Å². The summed E-state index contributed by atoms with van der Waals surface area (Å²) in [4.78, 5) is 0. The van der Waals surface area contributed by atoms with Gasteiger partial charge in [0.2, 0.25) is 0 Å². The van der Waals surface area contributed by atoms with Crippen molar-refractivity contribution in [2.45, 2.75) is 64.0 Å². The van der Waals surface area contributed by atoms with Crippen LogP contribution in [0.1, 0.15) is 51.0 Å². The minimum atomic E-state index is -0.537. The lowest BCUT2D eigenvalue weighted by atomic mass is 10.1. The van der Waals surface area contributed by atoms with Gasteiger partial charge in [0.15, 0.2) is 0 Å². The second-order valence-corrected chi connectivity index (χ2v) is 8.66. The molecule has 1 aromatic carbocycles. The van der Waals surface area contributed by atoms with Crippen molar-refractivity contribution in [3.8, 4) is 0 Å². The van der Waals surface area contributed by atoms with Crippen molar-refractivity contribution in [1.82, 2.24) is 0 Å². The first-order valence-corrected chi connectivity index (χ1v) is 9.70. The standard InChI is InChI=1S/C16H26Si/c1-2-3-4-5-6-9-13-17-14-12-15-10-7-8-11-16(15)17/h7-8,10-11,17H,2-6,9,12-14H2,1H3/t17-/m0/s1. The Labute approximate surface area is 108 Å². The molecule has 0 aliphatic carbocycles. The zero-order valence-corrected chi connectivity index (χ0v) is 12.4. The molecule has 1 aromatic rings. The molecule has 0 saturated carbocycles. The summed E-state index contributed by atoms with van der Waals surface area (Å²) in [6.45, 7) is 2.29. The van der Waals surface area contributed by atoms with Gasteiger partial charge in [0.1, 0.15) is 0 Å². The van der Waals surface area contributed by atoms with E-state index in [1.54, 1.807) is 16.8 Å². The summed E-state index contributed by atoms with van der Waals surface area (Å²) in [5, 5.41) is 1.79. The second-order valence-electron chi connectivity index (χ2n) is 5.49. The minimum absolute atomic E-state index is 0.537. The Kier molecular flexibility index (Phi) is 5.31. The monoisotopic (exact) mass is 246 g/mol. The van der Waals surface area contributed by atoms with Crippen molar-refractivity contribution >= 4 is 14.0 Å². The van der Waals surface area contributed by atoms with Crippen LogP contribution in [0.5, 0.6) is 0 Å². The first-order chi connectivity index (χ1) is 8.42. The van der Waals surface area contributed by atoms with Crippen LogP contribution in [0.3, 0.4) is 0 Å². The van der Waals surface area contributed by atoms with Gasteiger partial charge in [0, 0.05) is 0 Å². The first kappa shape index (κ1) is 12.9. The Morgan fingerprint density at radius 1 is 1.00 bits per heavy atom. The molecule has 0 fully saturated rings. The molecular weight excluding hydrogens is 220 g/mol. The number of benzene rings is 1. The van der Waals surface area contributed by atoms with Crippen LogP contribution in [0.25, 0.3) is 0 Å². The smallest absolute Gasteiger partial charge is 0.0654 e. The van der Waals surface area contributed by atoms with E-state index in [9.17, 15) is 0 Å². The predicted octanol–water partition coefficient (Wildman–Crippen LogP) is 4.04. The molecular formula is C16H26Si. The van der Waals surface area contributed by atoms with E-state index in [1.807, 2.05) is 0 Å². The normalized spacial score (nSPS) is 18.3. The van der Waals surface area contributed by atoms with E-state index in [4.69, 9.17) is 0 Å². The lowest BCUT2D eigenvalue weighted by Gasteiger charge is -2.09. The maximum atomic E-state index is 2.41. The number of hydrogen-bond acceptors (Lipinski definition) is 0. The summed E-state index contributed by atoms with van der Waals surface area (Å²) in [6.07, 6.45) is 10.1. The zero-order chi connectivity index (χ0) is 11.9. The molecule has 0 bridgehead atoms. The van der Waals surface area contributed by atoms with Crippen LogP contribution in [0, 0.1) is 0 Å². The van der Waals surface area contributed by atoms with E-state index in [0.29, 0.717) is 0 Å². The molecule has 0 spiro atoms. The molecule has 1 atom stereocenters. The van der Waals surface area contributed by atoms with Gasteiger partial charge in [0.25, 0.3) is 0 Å². The topological polar surface area (TPSA) is 0 Å². The van der Waals surface area contributed by atoms with Gasteiger partial charge in [-0.3, -0.25) is 0 Å². The van der Waals surface area contributed by atoms with E-state index < -0.39 is 8.80 Å². The van der Waals surface area contributed by atoms with Crippen molar-refractivity contribution in [3.63, 3.8) is 0 Å². The van der Waals surface area contributed by atoms with Crippen molar-refractivity contribution in [2.24, 2.45) is 0 Å². The molecule has 0 radical (unpaired) electrons. The van der Waals surface area contributed by atoms with E-state index in [-0.39, 0.29) is 0 Å². The lowest BCUT2D eigenvalue weighted by molar-refractivity contribution is 0.623. The van der Waals surface area contributed by atoms with Crippen LogP contribution < -0.4 is 5.19 Å². The van der Waals surface area contributed by atoms with Gasteiger partial charge in [0.05, 0.1) is 8.80 Å². The Balaban J connectivity index is 1.68. The van der Waals surface area contributed by atoms with Crippen molar-refractivity contribution in [2.75, 3.05) is 0 Å². The predicted molar refractivity (Wildman–Crippen MR) is 79.9 cm³/mol. The highest BCUT2D eigenvalue weighted by Crippen LogP contribution is 2.19. The fourth-order valence-corrected chi connectivity index (χ4v) is 6.62. The number of fused-ring (bicyclic) bond motifs is 1. The molecule has 1 aliphatic heterocycles. The molecule has 2 rings (SSSR count). The maximum Gasteiger partial charge on any atom is 0.0715 e. The second kappa shape index (κ2) is 7.00. The number of hydrogen-bond donors (Lipinski definition) is 0. The molecule has 0 aromatic heterocycles. The van der Waals surface area contributed by atoms with Gasteiger partial charge in [-0.25, -0.2) is 0 Å². The van der Waals surface area contributed by atoms with E-state index >= 15 is 0 Å². The van der Waals surface area contributed by atoms with Gasteiger partial charge < -0.3 is 0 Å². The molecule has 1 heteroatoms. The highest BCUT2D eigenvalue weighted by molar-refractivity contribution is 6.74. The third kappa shape index (κ3) is 3.70. The van der Waals surface area contributed by atoms with Gasteiger partial charge in [-0.2, -0.15) is 0 Å². The zero-order valence-electron chi connectivity index (χ0n) is 11.3. The van der Waals surface area contributed by atoms with Crippen LogP contribution in [-0.2, 0) is 6.42 Å². The quantitative estimate of drug-likeness (QED) is 0.503. The van der Waals surface area contributed by atoms with Gasteiger partial charge in [-0.05, 0) is 12.0 Å². The molecule has 0 amide bonds. The van der Waals surface area contributed by atoms with Crippen LogP contribution in [0.15, 0.2) is 24.3 Å². The minimum Gasteiger partial charge on any atom is -0.0654 e. The SMILES string of the molecule is CCCCCCCC[Si@H]1CCc2ccccc21. The largest absolute Gasteiger partial charge is 0.0715 e. The highest BCUT2D eigenvalue weighted by atomic mass is 28.3. The van der Waals surface area contributed by atoms with Gasteiger partial charge in [-0.1, -0.05) is 87.0 Å². The third-order valence-electron chi connectivity index (χ3n) is 4.16. The molecule has 0 saturated heterocycles. The van der Waals surface area contributed by atoms with Gasteiger partial charge >= 0.3 is 0 Å². The molecule has 1 aliphatic rings. The van der Waals surface area contributed by atoms with Crippen molar-refractivity contribution in [1.29, 1.82) is 0 Å². The summed E-state index contributed by atoms with van der Waals surface area (Å²) in [6, 6.07) is 12.3. The summed E-state index contributed by atoms with van der Waals surface area (Å²) in [7, 11) is -0.537. The Morgan fingerprint density at radius 3 is 2.65 bits per heavy atom. The Hall–Kier alpha value is -0.563. The first-order valence-electron chi connectivity index (χ1n) is 7.49. The van der Waals surface area contributed by atoms with Crippen molar-refractivity contribution in [3.05, 3.63) is 29.8 Å². The summed E-state index contributed by atoms with van der Waals surface area (Å²) >= 11 is 0. The van der Waals surface area contributed by atoms with E-state index in [2.05, 4.69) is 31.2 Å². The summed E-state index contributed by atoms with van der Waals surface area (Å²) < 4.78 is 0. The summed E-state index contributed by atoms with van der Waals surface area (Å²) in [5.41, 5.74) is 1.68. The number of rotatable bonds is 7. The molecule has 94 valence electrons.